The number of aryl methyl sites for hydroxylation is 1. The molecular weight excluding hydrogens is 598 g/mol. The molecule has 0 saturated carbocycles. The molecule has 1 N–H and O–H groups in total. The molecule has 0 saturated heterocycles. The maximum Gasteiger partial charge on any atom is 0.339 e. The Bertz CT molecular complexity index is 1150. The number of carboxylic acid groups (broad SMARTS) is 1. The largest absolute Gasteiger partial charge is 0.494 e. The summed E-state index contributed by atoms with van der Waals surface area (Å²) in [4.78, 5) is 38.8. The van der Waals surface area contributed by atoms with Crippen molar-refractivity contribution in [1.29, 1.82) is 0 Å². The Kier molecular flexibility index (Phi) is 20.6. The van der Waals surface area contributed by atoms with Gasteiger partial charge < -0.3 is 19.5 Å². The Labute approximate surface area is 281 Å². The number of hydrogen-bond donors (Lipinski definition) is 1. The monoisotopic (exact) mass is 655 g/mol. The third-order valence-electron chi connectivity index (χ3n) is 8.31. The Balaban J connectivity index is 1.63. The first kappa shape index (κ1) is 39.2. The maximum absolute atomic E-state index is 13.1. The van der Waals surface area contributed by atoms with Gasteiger partial charge in [-0.2, -0.15) is 0 Å². The molecule has 46 heavy (non-hydrogen) atoms. The average Bonchev–Trinajstić information content (AvgIpc) is 3.07. The zero-order valence-electron chi connectivity index (χ0n) is 28.5. The van der Waals surface area contributed by atoms with E-state index >= 15 is 0 Å². The molecule has 256 valence electrons. The van der Waals surface area contributed by atoms with E-state index in [1.54, 1.807) is 12.1 Å². The van der Waals surface area contributed by atoms with E-state index in [1.165, 1.54) is 126 Å². The molecule has 2 rings (SSSR count). The summed E-state index contributed by atoms with van der Waals surface area (Å²) in [6, 6.07) is 12.6. The zero-order chi connectivity index (χ0) is 33.4. The molecule has 0 bridgehead atoms. The lowest BCUT2D eigenvalue weighted by molar-refractivity contribution is -0.136. The molecular formula is C38H57NO6S. The van der Waals surface area contributed by atoms with E-state index in [0.29, 0.717) is 29.2 Å². The van der Waals surface area contributed by atoms with Crippen LogP contribution < -0.4 is 9.64 Å². The van der Waals surface area contributed by atoms with Crippen LogP contribution in [0.1, 0.15) is 132 Å². The number of unbranched alkanes of at least 4 members (excludes halogenated alkanes) is 15. The van der Waals surface area contributed by atoms with E-state index in [1.807, 2.05) is 30.5 Å². The summed E-state index contributed by atoms with van der Waals surface area (Å²) < 4.78 is 10.8. The molecule has 1 amide bonds. The van der Waals surface area contributed by atoms with Crippen molar-refractivity contribution in [3.63, 3.8) is 0 Å². The van der Waals surface area contributed by atoms with Gasteiger partial charge in [0.15, 0.2) is 0 Å². The Hall–Kier alpha value is -3.00. The summed E-state index contributed by atoms with van der Waals surface area (Å²) in [6.45, 7) is 2.48. The molecule has 2 aromatic carbocycles. The lowest BCUT2D eigenvalue weighted by Gasteiger charge is -2.22. The number of thioether (sulfide) groups is 1. The number of aliphatic carboxylic acids is 1. The fraction of sp³-hybridized carbons (Fsp3) is 0.605. The van der Waals surface area contributed by atoms with Gasteiger partial charge in [0.1, 0.15) is 12.3 Å². The molecule has 0 aromatic heterocycles. The van der Waals surface area contributed by atoms with Gasteiger partial charge >= 0.3 is 11.9 Å². The molecule has 0 aliphatic rings. The molecule has 7 nitrogen and oxygen atoms in total. The van der Waals surface area contributed by atoms with Crippen molar-refractivity contribution in [2.75, 3.05) is 31.4 Å². The first-order valence-electron chi connectivity index (χ1n) is 17.4. The molecule has 0 radical (unpaired) electrons. The third-order valence-corrected chi connectivity index (χ3v) is 9.11. The number of ether oxygens (including phenoxy) is 2. The van der Waals surface area contributed by atoms with Crippen LogP contribution in [0.2, 0.25) is 0 Å². The second kappa shape index (κ2) is 24.2. The number of carboxylic acids is 1. The number of methoxy groups -OCH3 is 1. The predicted molar refractivity (Wildman–Crippen MR) is 189 cm³/mol. The Morgan fingerprint density at radius 1 is 0.761 bits per heavy atom. The van der Waals surface area contributed by atoms with Crippen molar-refractivity contribution in [2.45, 2.75) is 127 Å². The normalized spacial score (nSPS) is 10.9. The van der Waals surface area contributed by atoms with Crippen molar-refractivity contribution < 1.29 is 29.0 Å². The highest BCUT2D eigenvalue weighted by atomic mass is 32.2. The average molecular weight is 656 g/mol. The van der Waals surface area contributed by atoms with Crippen LogP contribution in [0.5, 0.6) is 5.75 Å². The van der Waals surface area contributed by atoms with Gasteiger partial charge in [0.05, 0.1) is 19.3 Å². The molecule has 0 aliphatic carbocycles. The van der Waals surface area contributed by atoms with E-state index in [-0.39, 0.29) is 12.3 Å². The molecule has 8 heteroatoms. The number of esters is 1. The van der Waals surface area contributed by atoms with Crippen LogP contribution in [0.15, 0.2) is 47.4 Å². The van der Waals surface area contributed by atoms with Crippen molar-refractivity contribution in [3.8, 4) is 5.75 Å². The highest BCUT2D eigenvalue weighted by Gasteiger charge is 2.22. The molecule has 0 spiro atoms. The summed E-state index contributed by atoms with van der Waals surface area (Å²) in [5, 5.41) is 9.45. The predicted octanol–water partition coefficient (Wildman–Crippen LogP) is 9.89. The second-order valence-corrected chi connectivity index (χ2v) is 12.9. The van der Waals surface area contributed by atoms with Gasteiger partial charge in [0.25, 0.3) is 0 Å². The second-order valence-electron chi connectivity index (χ2n) is 12.0. The van der Waals surface area contributed by atoms with Gasteiger partial charge in [-0.1, -0.05) is 115 Å². The maximum atomic E-state index is 13.1. The number of anilines is 1. The molecule has 0 aliphatic heterocycles. The smallest absolute Gasteiger partial charge is 0.339 e. The van der Waals surface area contributed by atoms with E-state index in [4.69, 9.17) is 9.47 Å². The number of carbonyl (C=O) groups is 3. The topological polar surface area (TPSA) is 93.1 Å². The van der Waals surface area contributed by atoms with Crippen LogP contribution in [0.3, 0.4) is 0 Å². The van der Waals surface area contributed by atoms with Crippen LogP contribution >= 0.6 is 11.8 Å². The van der Waals surface area contributed by atoms with Crippen molar-refractivity contribution in [2.24, 2.45) is 0 Å². The number of hydrogen-bond acceptors (Lipinski definition) is 6. The van der Waals surface area contributed by atoms with Crippen LogP contribution in [0.25, 0.3) is 0 Å². The van der Waals surface area contributed by atoms with Crippen LogP contribution in [-0.2, 0) is 20.7 Å². The van der Waals surface area contributed by atoms with Gasteiger partial charge in [-0.3, -0.25) is 9.59 Å². The summed E-state index contributed by atoms with van der Waals surface area (Å²) >= 11 is 1.37. The molecule has 0 unspecified atom stereocenters. The summed E-state index contributed by atoms with van der Waals surface area (Å²) in [6.07, 6.45) is 23.9. The fourth-order valence-corrected chi connectivity index (χ4v) is 6.14. The van der Waals surface area contributed by atoms with Gasteiger partial charge in [0.2, 0.25) is 5.91 Å². The van der Waals surface area contributed by atoms with Crippen molar-refractivity contribution in [3.05, 3.63) is 53.6 Å². The van der Waals surface area contributed by atoms with Crippen molar-refractivity contribution in [1.82, 2.24) is 0 Å². The van der Waals surface area contributed by atoms with Crippen LogP contribution in [-0.4, -0.2) is 49.5 Å². The van der Waals surface area contributed by atoms with E-state index in [0.717, 1.165) is 17.7 Å². The molecule has 0 atom stereocenters. The van der Waals surface area contributed by atoms with Crippen LogP contribution in [0, 0.1) is 0 Å². The minimum atomic E-state index is -1.13. The first-order chi connectivity index (χ1) is 22.4. The summed E-state index contributed by atoms with van der Waals surface area (Å²) in [7, 11) is 1.29. The van der Waals surface area contributed by atoms with Gasteiger partial charge in [-0.25, -0.2) is 4.79 Å². The number of carbonyl (C=O) groups excluding carboxylic acids is 2. The minimum Gasteiger partial charge on any atom is -0.494 e. The first-order valence-corrected chi connectivity index (χ1v) is 18.6. The number of benzene rings is 2. The number of nitrogens with zero attached hydrogens (tertiary/aromatic N) is 1. The molecule has 2 aromatic rings. The standard InChI is InChI=1S/C38H57NO6S/c1-4-5-6-7-8-9-10-11-12-13-14-15-16-17-18-19-28-45-33-24-20-31(21-25-33)22-27-36(40)39(30-37(41)42)32-23-26-35(46-3)34(29-32)38(43)44-2/h20-21,23-26,29H,4-19,22,27-28,30H2,1-3H3,(H,41,42). The highest BCUT2D eigenvalue weighted by molar-refractivity contribution is 7.98. The summed E-state index contributed by atoms with van der Waals surface area (Å²) in [5.74, 6) is -1.19. The van der Waals surface area contributed by atoms with Gasteiger partial charge in [0, 0.05) is 17.0 Å². The Morgan fingerprint density at radius 3 is 1.80 bits per heavy atom. The van der Waals surface area contributed by atoms with E-state index in [9.17, 15) is 19.5 Å². The fourth-order valence-electron chi connectivity index (χ4n) is 5.57. The number of rotatable bonds is 26. The highest BCUT2D eigenvalue weighted by Crippen LogP contribution is 2.27. The molecule has 0 heterocycles. The Morgan fingerprint density at radius 2 is 1.30 bits per heavy atom. The number of amides is 1. The summed E-state index contributed by atoms with van der Waals surface area (Å²) in [5.41, 5.74) is 1.61. The van der Waals surface area contributed by atoms with Gasteiger partial charge in [-0.05, 0) is 55.0 Å². The van der Waals surface area contributed by atoms with E-state index in [2.05, 4.69) is 6.92 Å². The lowest BCUT2D eigenvalue weighted by Crippen LogP contribution is -2.36. The SMILES string of the molecule is CCCCCCCCCCCCCCCCCCOc1ccc(CCC(=O)N(CC(=O)O)c2ccc(SC)c(C(=O)OC)c2)cc1. The van der Waals surface area contributed by atoms with Gasteiger partial charge in [-0.15, -0.1) is 11.8 Å². The zero-order valence-corrected chi connectivity index (χ0v) is 29.3. The molecule has 0 fully saturated rings. The quantitative estimate of drug-likeness (QED) is 0.0612. The van der Waals surface area contributed by atoms with E-state index < -0.39 is 18.5 Å². The van der Waals surface area contributed by atoms with Crippen molar-refractivity contribution >= 4 is 35.3 Å². The minimum absolute atomic E-state index is 0.129. The van der Waals surface area contributed by atoms with Crippen LogP contribution in [0.4, 0.5) is 5.69 Å². The lowest BCUT2D eigenvalue weighted by atomic mass is 10.0. The third kappa shape index (κ3) is 16.0.